The van der Waals surface area contributed by atoms with E-state index in [-0.39, 0.29) is 24.0 Å². The standard InChI is InChI=1S/C19H29ClN4O.HI/c1-14(2)13-24-9-7-17(8-10-24)23-19(21-3)22-12-15-5-6-16(20)11-18(15)25-4;/h5-6,11,17H,1,7-10,12-13H2,2-4H3,(H2,21,22,23);1H. The predicted octanol–water partition coefficient (Wildman–Crippen LogP) is 3.67. The van der Waals surface area contributed by atoms with Crippen molar-refractivity contribution in [1.82, 2.24) is 15.5 Å². The van der Waals surface area contributed by atoms with E-state index in [1.54, 1.807) is 14.2 Å². The van der Waals surface area contributed by atoms with Crippen molar-refractivity contribution in [3.8, 4) is 5.75 Å². The molecule has 0 atom stereocenters. The highest BCUT2D eigenvalue weighted by Gasteiger charge is 2.19. The molecule has 0 aliphatic carbocycles. The molecule has 0 bridgehead atoms. The topological polar surface area (TPSA) is 48.9 Å². The first-order valence-electron chi connectivity index (χ1n) is 8.68. The molecule has 0 saturated carbocycles. The monoisotopic (exact) mass is 492 g/mol. The number of ether oxygens (including phenoxy) is 1. The van der Waals surface area contributed by atoms with E-state index in [0.29, 0.717) is 17.6 Å². The number of likely N-dealkylation sites (tertiary alicyclic amines) is 1. The van der Waals surface area contributed by atoms with Crippen LogP contribution in [0.25, 0.3) is 0 Å². The molecule has 0 amide bonds. The maximum atomic E-state index is 6.01. The molecule has 7 heteroatoms. The molecule has 26 heavy (non-hydrogen) atoms. The molecule has 1 aromatic rings. The molecular weight excluding hydrogens is 463 g/mol. The van der Waals surface area contributed by atoms with Crippen LogP contribution in [0.3, 0.4) is 0 Å². The largest absolute Gasteiger partial charge is 0.496 e. The van der Waals surface area contributed by atoms with Crippen LogP contribution in [0.15, 0.2) is 35.3 Å². The van der Waals surface area contributed by atoms with E-state index < -0.39 is 0 Å². The zero-order valence-electron chi connectivity index (χ0n) is 15.8. The van der Waals surface area contributed by atoms with Crippen molar-refractivity contribution in [2.45, 2.75) is 32.4 Å². The van der Waals surface area contributed by atoms with Gasteiger partial charge in [-0.25, -0.2) is 0 Å². The third-order valence-corrected chi connectivity index (χ3v) is 4.58. The number of halogens is 2. The van der Waals surface area contributed by atoms with Gasteiger partial charge in [0.25, 0.3) is 0 Å². The summed E-state index contributed by atoms with van der Waals surface area (Å²) in [5, 5.41) is 7.55. The Morgan fingerprint density at radius 2 is 2.08 bits per heavy atom. The van der Waals surface area contributed by atoms with Crippen LogP contribution in [0, 0.1) is 0 Å². The van der Waals surface area contributed by atoms with Gasteiger partial charge in [-0.15, -0.1) is 24.0 Å². The minimum atomic E-state index is 0. The molecule has 5 nitrogen and oxygen atoms in total. The SMILES string of the molecule is C=C(C)CN1CCC(NC(=NC)NCc2ccc(Cl)cc2OC)CC1.I. The second-order valence-electron chi connectivity index (χ2n) is 6.53. The number of rotatable bonds is 6. The lowest BCUT2D eigenvalue weighted by molar-refractivity contribution is 0.221. The van der Waals surface area contributed by atoms with Gasteiger partial charge >= 0.3 is 0 Å². The third-order valence-electron chi connectivity index (χ3n) is 4.34. The summed E-state index contributed by atoms with van der Waals surface area (Å²) in [4.78, 5) is 6.79. The van der Waals surface area contributed by atoms with Crippen molar-refractivity contribution < 1.29 is 4.74 Å². The maximum absolute atomic E-state index is 6.01. The summed E-state index contributed by atoms with van der Waals surface area (Å²) in [6, 6.07) is 6.11. The maximum Gasteiger partial charge on any atom is 0.191 e. The van der Waals surface area contributed by atoms with Crippen molar-refractivity contribution in [2.75, 3.05) is 33.8 Å². The zero-order valence-corrected chi connectivity index (χ0v) is 18.9. The Hall–Kier alpha value is -0.990. The summed E-state index contributed by atoms with van der Waals surface area (Å²) in [7, 11) is 3.45. The van der Waals surface area contributed by atoms with E-state index in [2.05, 4.69) is 34.0 Å². The molecule has 0 radical (unpaired) electrons. The van der Waals surface area contributed by atoms with Crippen LogP contribution in [-0.2, 0) is 6.54 Å². The van der Waals surface area contributed by atoms with E-state index in [1.807, 2.05) is 18.2 Å². The number of hydrogen-bond donors (Lipinski definition) is 2. The molecule has 2 rings (SSSR count). The third kappa shape index (κ3) is 7.32. The fourth-order valence-electron chi connectivity index (χ4n) is 3.05. The lowest BCUT2D eigenvalue weighted by Crippen LogP contribution is -2.48. The number of methoxy groups -OCH3 is 1. The van der Waals surface area contributed by atoms with Gasteiger partial charge in [-0.1, -0.05) is 29.8 Å². The van der Waals surface area contributed by atoms with E-state index in [4.69, 9.17) is 16.3 Å². The van der Waals surface area contributed by atoms with Gasteiger partial charge in [0.15, 0.2) is 5.96 Å². The van der Waals surface area contributed by atoms with Crippen LogP contribution in [0.5, 0.6) is 5.75 Å². The number of benzene rings is 1. The van der Waals surface area contributed by atoms with Gasteiger partial charge in [-0.2, -0.15) is 0 Å². The molecule has 1 aromatic carbocycles. The number of nitrogens with one attached hydrogen (secondary N) is 2. The van der Waals surface area contributed by atoms with Gasteiger partial charge < -0.3 is 15.4 Å². The minimum absolute atomic E-state index is 0. The minimum Gasteiger partial charge on any atom is -0.496 e. The Kier molecular flexibility index (Phi) is 10.3. The molecule has 1 saturated heterocycles. The zero-order chi connectivity index (χ0) is 18.2. The first-order valence-corrected chi connectivity index (χ1v) is 9.06. The van der Waals surface area contributed by atoms with Crippen LogP contribution < -0.4 is 15.4 Å². The van der Waals surface area contributed by atoms with Gasteiger partial charge in [0.2, 0.25) is 0 Å². The van der Waals surface area contributed by atoms with Crippen LogP contribution in [0.1, 0.15) is 25.3 Å². The number of nitrogens with zero attached hydrogens (tertiary/aromatic N) is 2. The summed E-state index contributed by atoms with van der Waals surface area (Å²) in [6.45, 7) is 9.89. The molecule has 1 aliphatic heterocycles. The van der Waals surface area contributed by atoms with E-state index in [1.165, 1.54) is 5.57 Å². The molecule has 0 unspecified atom stereocenters. The summed E-state index contributed by atoms with van der Waals surface area (Å²) >= 11 is 6.01. The molecule has 0 spiro atoms. The number of aliphatic imine (C=N–C) groups is 1. The lowest BCUT2D eigenvalue weighted by Gasteiger charge is -2.33. The molecule has 1 heterocycles. The van der Waals surface area contributed by atoms with E-state index in [9.17, 15) is 0 Å². The van der Waals surface area contributed by atoms with E-state index in [0.717, 1.165) is 49.7 Å². The Bertz CT molecular complexity index is 616. The average Bonchev–Trinajstić information content (AvgIpc) is 2.60. The molecular formula is C19H30ClIN4O. The highest BCUT2D eigenvalue weighted by Crippen LogP contribution is 2.22. The highest BCUT2D eigenvalue weighted by atomic mass is 127. The van der Waals surface area contributed by atoms with Gasteiger partial charge in [-0.3, -0.25) is 9.89 Å². The Labute approximate surface area is 179 Å². The van der Waals surface area contributed by atoms with Crippen molar-refractivity contribution in [3.63, 3.8) is 0 Å². The van der Waals surface area contributed by atoms with Gasteiger partial charge in [0.05, 0.1) is 7.11 Å². The van der Waals surface area contributed by atoms with Crippen LogP contribution in [0.4, 0.5) is 0 Å². The molecule has 1 fully saturated rings. The normalized spacial score (nSPS) is 15.9. The Morgan fingerprint density at radius 3 is 2.65 bits per heavy atom. The summed E-state index contributed by atoms with van der Waals surface area (Å²) < 4.78 is 5.39. The fraction of sp³-hybridized carbons (Fsp3) is 0.526. The van der Waals surface area contributed by atoms with Gasteiger partial charge in [0, 0.05) is 49.9 Å². The van der Waals surface area contributed by atoms with Crippen LogP contribution in [0.2, 0.25) is 5.02 Å². The second-order valence-corrected chi connectivity index (χ2v) is 6.97. The van der Waals surface area contributed by atoms with Crippen molar-refractivity contribution >= 4 is 41.5 Å². The summed E-state index contributed by atoms with van der Waals surface area (Å²) in [5.41, 5.74) is 2.27. The number of piperidine rings is 1. The Balaban J connectivity index is 0.00000338. The highest BCUT2D eigenvalue weighted by molar-refractivity contribution is 14.0. The van der Waals surface area contributed by atoms with Crippen molar-refractivity contribution in [1.29, 1.82) is 0 Å². The Morgan fingerprint density at radius 1 is 1.38 bits per heavy atom. The van der Waals surface area contributed by atoms with Crippen molar-refractivity contribution in [3.05, 3.63) is 40.9 Å². The van der Waals surface area contributed by atoms with E-state index >= 15 is 0 Å². The fourth-order valence-corrected chi connectivity index (χ4v) is 3.21. The first-order chi connectivity index (χ1) is 12.0. The van der Waals surface area contributed by atoms with Gasteiger partial charge in [-0.05, 0) is 31.9 Å². The molecule has 0 aromatic heterocycles. The van der Waals surface area contributed by atoms with Crippen LogP contribution >= 0.6 is 35.6 Å². The number of guanidine groups is 1. The summed E-state index contributed by atoms with van der Waals surface area (Å²) in [6.07, 6.45) is 2.22. The average molecular weight is 493 g/mol. The number of hydrogen-bond acceptors (Lipinski definition) is 3. The second kappa shape index (κ2) is 11.7. The molecule has 146 valence electrons. The predicted molar refractivity (Wildman–Crippen MR) is 121 cm³/mol. The molecule has 2 N–H and O–H groups in total. The lowest BCUT2D eigenvalue weighted by atomic mass is 10.0. The molecule has 1 aliphatic rings. The summed E-state index contributed by atoms with van der Waals surface area (Å²) in [5.74, 6) is 1.60. The van der Waals surface area contributed by atoms with Crippen molar-refractivity contribution in [2.24, 2.45) is 4.99 Å². The quantitative estimate of drug-likeness (QED) is 0.275. The van der Waals surface area contributed by atoms with Gasteiger partial charge in [0.1, 0.15) is 5.75 Å². The first kappa shape index (κ1) is 23.0. The smallest absolute Gasteiger partial charge is 0.191 e. The van der Waals surface area contributed by atoms with Crippen LogP contribution in [-0.4, -0.2) is 50.7 Å².